The van der Waals surface area contributed by atoms with Crippen molar-refractivity contribution < 1.29 is 9.53 Å². The van der Waals surface area contributed by atoms with Crippen LogP contribution >= 0.6 is 22.6 Å². The molecule has 1 rings (SSSR count). The molecular weight excluding hydrogens is 303 g/mol. The monoisotopic (exact) mass is 318 g/mol. The largest absolute Gasteiger partial charge is 0.466 e. The lowest BCUT2D eigenvalue weighted by molar-refractivity contribution is -0.143. The van der Waals surface area contributed by atoms with Crippen molar-refractivity contribution in [1.29, 1.82) is 0 Å². The van der Waals surface area contributed by atoms with E-state index < -0.39 is 0 Å². The fraction of sp³-hybridized carbons (Fsp3) is 0.417. The number of aryl methyl sites for hydroxylation is 1. The van der Waals surface area contributed by atoms with Crippen LogP contribution in [0.25, 0.3) is 0 Å². The summed E-state index contributed by atoms with van der Waals surface area (Å²) in [5.41, 5.74) is 1.29. The highest BCUT2D eigenvalue weighted by molar-refractivity contribution is 14.1. The van der Waals surface area contributed by atoms with E-state index in [1.54, 1.807) is 0 Å². The van der Waals surface area contributed by atoms with Crippen molar-refractivity contribution in [3.8, 4) is 0 Å². The molecule has 1 aromatic carbocycles. The van der Waals surface area contributed by atoms with Gasteiger partial charge in [-0.1, -0.05) is 52.9 Å². The Bertz CT molecular complexity index is 285. The predicted octanol–water partition coefficient (Wildman–Crippen LogP) is 2.99. The molecule has 0 bridgehead atoms. The Hall–Kier alpha value is -0.580. The third-order valence-corrected chi connectivity index (χ3v) is 2.55. The first-order valence-electron chi connectivity index (χ1n) is 5.08. The van der Waals surface area contributed by atoms with Gasteiger partial charge in [0.25, 0.3) is 0 Å². The van der Waals surface area contributed by atoms with Gasteiger partial charge in [-0.2, -0.15) is 0 Å². The average molecular weight is 318 g/mol. The maximum Gasteiger partial charge on any atom is 0.306 e. The number of esters is 1. The molecule has 0 fully saturated rings. The number of halogens is 1. The SMILES string of the molecule is O=C(CCI)OCCCc1ccccc1. The summed E-state index contributed by atoms with van der Waals surface area (Å²) < 4.78 is 5.89. The van der Waals surface area contributed by atoms with E-state index in [-0.39, 0.29) is 5.97 Å². The second-order valence-corrected chi connectivity index (χ2v) is 4.33. The molecule has 3 heteroatoms. The Morgan fingerprint density at radius 3 is 2.67 bits per heavy atom. The van der Waals surface area contributed by atoms with Crippen LogP contribution in [0.3, 0.4) is 0 Å². The molecule has 0 spiro atoms. The van der Waals surface area contributed by atoms with E-state index in [4.69, 9.17) is 4.74 Å². The average Bonchev–Trinajstić information content (AvgIpc) is 2.26. The van der Waals surface area contributed by atoms with Gasteiger partial charge in [0.1, 0.15) is 0 Å². The van der Waals surface area contributed by atoms with E-state index >= 15 is 0 Å². The molecule has 0 atom stereocenters. The number of ether oxygens (including phenoxy) is 1. The van der Waals surface area contributed by atoms with Gasteiger partial charge in [0.15, 0.2) is 0 Å². The molecule has 0 aliphatic heterocycles. The lowest BCUT2D eigenvalue weighted by Crippen LogP contribution is -2.06. The second kappa shape index (κ2) is 7.68. The highest BCUT2D eigenvalue weighted by Crippen LogP contribution is 2.02. The van der Waals surface area contributed by atoms with Crippen molar-refractivity contribution in [2.75, 3.05) is 11.0 Å². The third-order valence-electron chi connectivity index (χ3n) is 2.01. The highest BCUT2D eigenvalue weighted by atomic mass is 127. The van der Waals surface area contributed by atoms with Crippen molar-refractivity contribution in [2.24, 2.45) is 0 Å². The van der Waals surface area contributed by atoms with Gasteiger partial charge < -0.3 is 4.74 Å². The maximum absolute atomic E-state index is 11.0. The first-order valence-corrected chi connectivity index (χ1v) is 6.61. The minimum atomic E-state index is -0.0857. The van der Waals surface area contributed by atoms with E-state index in [1.165, 1.54) is 5.56 Å². The lowest BCUT2D eigenvalue weighted by atomic mass is 10.1. The summed E-state index contributed by atoms with van der Waals surface area (Å²) in [6.07, 6.45) is 2.39. The van der Waals surface area contributed by atoms with Crippen LogP contribution in [0.4, 0.5) is 0 Å². The first-order chi connectivity index (χ1) is 7.33. The van der Waals surface area contributed by atoms with Crippen LogP contribution < -0.4 is 0 Å². The summed E-state index contributed by atoms with van der Waals surface area (Å²) in [6, 6.07) is 10.2. The van der Waals surface area contributed by atoms with E-state index in [0.29, 0.717) is 13.0 Å². The number of rotatable bonds is 6. The quantitative estimate of drug-likeness (QED) is 0.349. The van der Waals surface area contributed by atoms with E-state index in [1.807, 2.05) is 18.2 Å². The molecule has 0 aliphatic rings. The standard InChI is InChI=1S/C12H15IO2/c13-9-8-12(14)15-10-4-7-11-5-2-1-3-6-11/h1-3,5-6H,4,7-10H2. The van der Waals surface area contributed by atoms with Crippen molar-refractivity contribution in [3.05, 3.63) is 35.9 Å². The zero-order chi connectivity index (χ0) is 10.9. The van der Waals surface area contributed by atoms with Crippen LogP contribution in [-0.2, 0) is 16.0 Å². The Morgan fingerprint density at radius 2 is 2.00 bits per heavy atom. The van der Waals surface area contributed by atoms with Gasteiger partial charge in [0.05, 0.1) is 13.0 Å². The van der Waals surface area contributed by atoms with Gasteiger partial charge in [0, 0.05) is 4.43 Å². The molecule has 0 heterocycles. The molecule has 1 aromatic rings. The predicted molar refractivity (Wildman–Crippen MR) is 69.2 cm³/mol. The maximum atomic E-state index is 11.0. The zero-order valence-electron chi connectivity index (χ0n) is 8.62. The summed E-state index contributed by atoms with van der Waals surface area (Å²) in [5, 5.41) is 0. The van der Waals surface area contributed by atoms with Crippen molar-refractivity contribution in [3.63, 3.8) is 0 Å². The first kappa shape index (κ1) is 12.5. The van der Waals surface area contributed by atoms with Gasteiger partial charge in [-0.3, -0.25) is 4.79 Å². The summed E-state index contributed by atoms with van der Waals surface area (Å²) >= 11 is 2.17. The molecule has 0 N–H and O–H groups in total. The molecule has 0 saturated carbocycles. The van der Waals surface area contributed by atoms with Crippen LogP contribution in [0.1, 0.15) is 18.4 Å². The number of carbonyl (C=O) groups excluding carboxylic acids is 1. The van der Waals surface area contributed by atoms with Crippen molar-refractivity contribution in [2.45, 2.75) is 19.3 Å². The summed E-state index contributed by atoms with van der Waals surface area (Å²) in [6.45, 7) is 0.532. The number of benzene rings is 1. The van der Waals surface area contributed by atoms with E-state index in [0.717, 1.165) is 17.3 Å². The Kier molecular flexibility index (Phi) is 6.39. The number of hydrogen-bond donors (Lipinski definition) is 0. The van der Waals surface area contributed by atoms with Gasteiger partial charge in [-0.15, -0.1) is 0 Å². The molecule has 2 nitrogen and oxygen atoms in total. The number of alkyl halides is 1. The topological polar surface area (TPSA) is 26.3 Å². The number of hydrogen-bond acceptors (Lipinski definition) is 2. The van der Waals surface area contributed by atoms with Crippen molar-refractivity contribution >= 4 is 28.6 Å². The molecule has 82 valence electrons. The minimum absolute atomic E-state index is 0.0857. The van der Waals surface area contributed by atoms with Gasteiger partial charge in [-0.25, -0.2) is 0 Å². The molecule has 0 amide bonds. The van der Waals surface area contributed by atoms with Crippen LogP contribution in [0.5, 0.6) is 0 Å². The smallest absolute Gasteiger partial charge is 0.306 e. The fourth-order valence-corrected chi connectivity index (χ4v) is 1.70. The van der Waals surface area contributed by atoms with Gasteiger partial charge in [0.2, 0.25) is 0 Å². The molecule has 15 heavy (non-hydrogen) atoms. The number of carbonyl (C=O) groups is 1. The Balaban J connectivity index is 2.10. The zero-order valence-corrected chi connectivity index (χ0v) is 10.8. The van der Waals surface area contributed by atoms with Crippen LogP contribution in [-0.4, -0.2) is 17.0 Å². The normalized spacial score (nSPS) is 9.93. The molecule has 0 aromatic heterocycles. The summed E-state index contributed by atoms with van der Waals surface area (Å²) in [4.78, 5) is 11.0. The molecule has 0 aliphatic carbocycles. The molecule has 0 radical (unpaired) electrons. The highest BCUT2D eigenvalue weighted by Gasteiger charge is 2.00. The van der Waals surface area contributed by atoms with E-state index in [2.05, 4.69) is 34.7 Å². The Labute approximate surface area is 104 Å². The van der Waals surface area contributed by atoms with Crippen molar-refractivity contribution in [1.82, 2.24) is 0 Å². The third kappa shape index (κ3) is 5.77. The minimum Gasteiger partial charge on any atom is -0.466 e. The van der Waals surface area contributed by atoms with Gasteiger partial charge >= 0.3 is 5.97 Å². The van der Waals surface area contributed by atoms with Crippen LogP contribution in [0, 0.1) is 0 Å². The molecule has 0 unspecified atom stereocenters. The second-order valence-electron chi connectivity index (χ2n) is 3.25. The molecule has 0 saturated heterocycles. The lowest BCUT2D eigenvalue weighted by Gasteiger charge is -2.03. The van der Waals surface area contributed by atoms with E-state index in [9.17, 15) is 4.79 Å². The molecular formula is C12H15IO2. The Morgan fingerprint density at radius 1 is 1.27 bits per heavy atom. The van der Waals surface area contributed by atoms with Gasteiger partial charge in [-0.05, 0) is 18.4 Å². The van der Waals surface area contributed by atoms with Crippen LogP contribution in [0.2, 0.25) is 0 Å². The summed E-state index contributed by atoms with van der Waals surface area (Å²) in [7, 11) is 0. The fourth-order valence-electron chi connectivity index (χ4n) is 1.26. The van der Waals surface area contributed by atoms with Crippen LogP contribution in [0.15, 0.2) is 30.3 Å². The summed E-state index contributed by atoms with van der Waals surface area (Å²) in [5.74, 6) is -0.0857.